The highest BCUT2D eigenvalue weighted by Gasteiger charge is 2.16. The second-order valence-corrected chi connectivity index (χ2v) is 14.1. The molecule has 1 nitrogen and oxygen atoms in total. The SMILES string of the molecule is c1ccc2c(c1)sc1cc(-c3ccc4c(c3)oc3c5ccc(-c6ccc7c(c6)sc6ccccc67)cc5sc43)ccc12. The number of hydrogen-bond acceptors (Lipinski definition) is 4. The lowest BCUT2D eigenvalue weighted by Gasteiger charge is -2.03. The molecule has 0 saturated carbocycles. The van der Waals surface area contributed by atoms with E-state index >= 15 is 0 Å². The zero-order chi connectivity index (χ0) is 27.4. The fraction of sp³-hybridized carbons (Fsp3) is 0. The van der Waals surface area contributed by atoms with Crippen LogP contribution in [0.5, 0.6) is 0 Å². The van der Waals surface area contributed by atoms with Crippen LogP contribution in [0, 0.1) is 0 Å². The van der Waals surface area contributed by atoms with Gasteiger partial charge in [-0.15, -0.1) is 34.0 Å². The lowest BCUT2D eigenvalue weighted by atomic mass is 10.0. The van der Waals surface area contributed by atoms with Crippen molar-refractivity contribution in [2.75, 3.05) is 0 Å². The molecule has 0 bridgehead atoms. The zero-order valence-corrected chi connectivity index (χ0v) is 24.6. The summed E-state index contributed by atoms with van der Waals surface area (Å²) in [6.07, 6.45) is 0. The summed E-state index contributed by atoms with van der Waals surface area (Å²) in [6, 6.07) is 44.5. The Morgan fingerprint density at radius 2 is 0.810 bits per heavy atom. The highest BCUT2D eigenvalue weighted by Crippen LogP contribution is 2.44. The van der Waals surface area contributed by atoms with E-state index in [-0.39, 0.29) is 0 Å². The van der Waals surface area contributed by atoms with Crippen LogP contribution in [0.3, 0.4) is 0 Å². The molecule has 0 aliphatic rings. The maximum Gasteiger partial charge on any atom is 0.154 e. The van der Waals surface area contributed by atoms with Gasteiger partial charge in [0.1, 0.15) is 5.58 Å². The summed E-state index contributed by atoms with van der Waals surface area (Å²) in [4.78, 5) is 0. The first-order valence-electron chi connectivity index (χ1n) is 14.0. The van der Waals surface area contributed by atoms with Crippen LogP contribution in [0.1, 0.15) is 0 Å². The Balaban J connectivity index is 1.06. The van der Waals surface area contributed by atoms with Gasteiger partial charge in [0.25, 0.3) is 0 Å². The van der Waals surface area contributed by atoms with Gasteiger partial charge in [0.2, 0.25) is 0 Å². The van der Waals surface area contributed by atoms with Crippen molar-refractivity contribution >= 4 is 106 Å². The average molecular weight is 589 g/mol. The van der Waals surface area contributed by atoms with E-state index in [1.165, 1.54) is 82.8 Å². The Kier molecular flexibility index (Phi) is 4.69. The van der Waals surface area contributed by atoms with Crippen LogP contribution in [-0.2, 0) is 0 Å². The van der Waals surface area contributed by atoms with Crippen LogP contribution >= 0.6 is 34.0 Å². The second kappa shape index (κ2) is 8.52. The highest BCUT2D eigenvalue weighted by atomic mass is 32.1. The molecule has 0 radical (unpaired) electrons. The summed E-state index contributed by atoms with van der Waals surface area (Å²) < 4.78 is 14.4. The van der Waals surface area contributed by atoms with Gasteiger partial charge in [-0.2, -0.15) is 0 Å². The lowest BCUT2D eigenvalue weighted by Crippen LogP contribution is -1.77. The first kappa shape index (κ1) is 23.1. The molecule has 10 rings (SSSR count). The molecule has 0 aliphatic carbocycles. The van der Waals surface area contributed by atoms with Crippen molar-refractivity contribution in [3.05, 3.63) is 121 Å². The predicted molar refractivity (Wildman–Crippen MR) is 186 cm³/mol. The molecule has 6 aromatic carbocycles. The van der Waals surface area contributed by atoms with Crippen LogP contribution in [-0.4, -0.2) is 0 Å². The van der Waals surface area contributed by atoms with Gasteiger partial charge in [-0.05, 0) is 70.8 Å². The van der Waals surface area contributed by atoms with Crippen molar-refractivity contribution in [3.63, 3.8) is 0 Å². The molecule has 0 N–H and O–H groups in total. The smallest absolute Gasteiger partial charge is 0.154 e. The second-order valence-electron chi connectivity index (χ2n) is 10.9. The number of hydrogen-bond donors (Lipinski definition) is 0. The van der Waals surface area contributed by atoms with Gasteiger partial charge in [-0.1, -0.05) is 72.8 Å². The van der Waals surface area contributed by atoms with E-state index < -0.39 is 0 Å². The van der Waals surface area contributed by atoms with Crippen LogP contribution < -0.4 is 0 Å². The zero-order valence-electron chi connectivity index (χ0n) is 22.2. The molecule has 4 aromatic heterocycles. The fourth-order valence-corrected chi connectivity index (χ4v) is 9.92. The minimum absolute atomic E-state index is 0.950. The van der Waals surface area contributed by atoms with Crippen LogP contribution in [0.15, 0.2) is 126 Å². The van der Waals surface area contributed by atoms with E-state index in [4.69, 9.17) is 4.42 Å². The van der Waals surface area contributed by atoms with Gasteiger partial charge in [-0.3, -0.25) is 0 Å². The monoisotopic (exact) mass is 588 g/mol. The first-order chi connectivity index (χ1) is 20.8. The van der Waals surface area contributed by atoms with Crippen LogP contribution in [0.25, 0.3) is 93.9 Å². The van der Waals surface area contributed by atoms with E-state index in [0.717, 1.165) is 11.2 Å². The molecule has 0 amide bonds. The third-order valence-corrected chi connectivity index (χ3v) is 11.9. The number of rotatable bonds is 2. The molecule has 4 heteroatoms. The fourth-order valence-electron chi connectivity index (χ4n) is 6.43. The summed E-state index contributed by atoms with van der Waals surface area (Å²) in [5.41, 5.74) is 6.85. The minimum Gasteiger partial charge on any atom is -0.454 e. The maximum atomic E-state index is 6.55. The van der Waals surface area contributed by atoms with Gasteiger partial charge in [0, 0.05) is 55.8 Å². The molecule has 4 heterocycles. The quantitative estimate of drug-likeness (QED) is 0.196. The molecule has 0 spiro atoms. The summed E-state index contributed by atoms with van der Waals surface area (Å²) >= 11 is 5.56. The molecule has 0 saturated heterocycles. The Hall–Kier alpha value is -4.48. The standard InChI is InChI=1S/C38H20OS3/c1-3-7-32-25(5-1)27-13-9-22(18-34(27)40-32)21-11-15-29-31(17-21)39-37-30-16-12-24(20-36(30)42-38(29)37)23-10-14-28-26-6-2-4-8-33(26)41-35(28)19-23/h1-20H. The molecular weight excluding hydrogens is 569 g/mol. The van der Waals surface area contributed by atoms with Gasteiger partial charge >= 0.3 is 0 Å². The number of benzene rings is 6. The molecule has 0 atom stereocenters. The van der Waals surface area contributed by atoms with Crippen molar-refractivity contribution < 1.29 is 4.42 Å². The lowest BCUT2D eigenvalue weighted by molar-refractivity contribution is 0.673. The Bertz CT molecular complexity index is 2510. The molecule has 0 unspecified atom stereocenters. The molecule has 0 fully saturated rings. The van der Waals surface area contributed by atoms with E-state index in [9.17, 15) is 0 Å². The summed E-state index contributed by atoms with van der Waals surface area (Å²) in [5.74, 6) is 0. The van der Waals surface area contributed by atoms with Crippen molar-refractivity contribution in [2.24, 2.45) is 0 Å². The predicted octanol–water partition coefficient (Wildman–Crippen LogP) is 12.9. The Labute approximate surface area is 252 Å². The van der Waals surface area contributed by atoms with E-state index in [1.54, 1.807) is 0 Å². The Morgan fingerprint density at radius 3 is 1.40 bits per heavy atom. The van der Waals surface area contributed by atoms with Crippen molar-refractivity contribution in [1.29, 1.82) is 0 Å². The van der Waals surface area contributed by atoms with Gasteiger partial charge in [-0.25, -0.2) is 0 Å². The van der Waals surface area contributed by atoms with Gasteiger partial charge < -0.3 is 4.42 Å². The number of furan rings is 1. The van der Waals surface area contributed by atoms with Crippen molar-refractivity contribution in [3.8, 4) is 22.3 Å². The van der Waals surface area contributed by atoms with Crippen LogP contribution in [0.4, 0.5) is 0 Å². The average Bonchev–Trinajstić information content (AvgIpc) is 3.78. The highest BCUT2D eigenvalue weighted by molar-refractivity contribution is 7.27. The topological polar surface area (TPSA) is 13.1 Å². The van der Waals surface area contributed by atoms with E-state index in [0.29, 0.717) is 0 Å². The Morgan fingerprint density at radius 1 is 0.357 bits per heavy atom. The van der Waals surface area contributed by atoms with Crippen molar-refractivity contribution in [2.45, 2.75) is 0 Å². The first-order valence-corrected chi connectivity index (χ1v) is 16.4. The largest absolute Gasteiger partial charge is 0.454 e. The third-order valence-electron chi connectivity index (χ3n) is 8.51. The molecule has 10 aromatic rings. The van der Waals surface area contributed by atoms with Crippen LogP contribution in [0.2, 0.25) is 0 Å². The van der Waals surface area contributed by atoms with E-state index in [2.05, 4.69) is 121 Å². The van der Waals surface area contributed by atoms with Gasteiger partial charge in [0.15, 0.2) is 5.58 Å². The molecule has 196 valence electrons. The number of thiophene rings is 3. The molecule has 42 heavy (non-hydrogen) atoms. The third kappa shape index (κ3) is 3.28. The van der Waals surface area contributed by atoms with E-state index in [1.807, 2.05) is 34.0 Å². The van der Waals surface area contributed by atoms with Crippen molar-refractivity contribution in [1.82, 2.24) is 0 Å². The molecule has 0 aliphatic heterocycles. The minimum atomic E-state index is 0.950. The maximum absolute atomic E-state index is 6.55. The summed E-state index contributed by atoms with van der Waals surface area (Å²) in [7, 11) is 0. The summed E-state index contributed by atoms with van der Waals surface area (Å²) in [5, 5.41) is 7.71. The normalized spacial score (nSPS) is 12.3. The van der Waals surface area contributed by atoms with Gasteiger partial charge in [0.05, 0.1) is 4.70 Å². The number of fused-ring (bicyclic) bond motifs is 11. The molecular formula is C38H20OS3. The summed E-state index contributed by atoms with van der Waals surface area (Å²) in [6.45, 7) is 0.